The van der Waals surface area contributed by atoms with E-state index in [0.717, 1.165) is 60.8 Å². The van der Waals surface area contributed by atoms with Crippen molar-refractivity contribution in [2.45, 2.75) is 283 Å². The van der Waals surface area contributed by atoms with Crippen LogP contribution in [0.1, 0.15) is 235 Å². The van der Waals surface area contributed by atoms with Crippen molar-refractivity contribution in [3.05, 3.63) is 68.7 Å². The molecule has 2 aromatic rings. The highest BCUT2D eigenvalue weighted by Crippen LogP contribution is 2.47. The lowest BCUT2D eigenvalue weighted by Crippen LogP contribution is -2.65. The number of unbranched alkanes of at least 4 members (excludes halogenated alkanes) is 2. The molecule has 19 heteroatoms. The van der Waals surface area contributed by atoms with Gasteiger partial charge < -0.3 is 49.4 Å². The third-order valence-corrected chi connectivity index (χ3v) is 18.8. The van der Waals surface area contributed by atoms with Crippen LogP contribution in [-0.4, -0.2) is 88.6 Å². The lowest BCUT2D eigenvalue weighted by molar-refractivity contribution is -0.138. The van der Waals surface area contributed by atoms with E-state index in [2.05, 4.69) is 21.3 Å². The molecule has 4 aliphatic rings. The van der Waals surface area contributed by atoms with Gasteiger partial charge >= 0.3 is 20.4 Å². The van der Waals surface area contributed by atoms with Crippen LogP contribution in [0, 0.1) is 11.8 Å². The van der Waals surface area contributed by atoms with Gasteiger partial charge in [-0.3, -0.25) is 19.2 Å². The molecule has 15 nitrogen and oxygen atoms in total. The third kappa shape index (κ3) is 17.2. The Morgan fingerprint density at radius 3 is 1.12 bits per heavy atom. The SMILES string of the molecule is CC(=O)N[C@](CCCCB1OC(C)(C)C(C)(C)O1)(C(=O)NC(C)(C)C)C1CCC(c2cc(Cl)ccc2COC(=O)OCc2ccc(Cl)cc2C2CCC([C@](CCCCB3OC(C)(C)C(C)(C)O3)(NC(C)=O)C(=O)NC(C)(C)C)CC2)CC1. The van der Waals surface area contributed by atoms with Gasteiger partial charge in [0, 0.05) is 35.0 Å². The number of amides is 4. The number of hydrogen-bond acceptors (Lipinski definition) is 11. The molecule has 0 unspecified atom stereocenters. The van der Waals surface area contributed by atoms with E-state index in [1.54, 1.807) is 12.1 Å². The summed E-state index contributed by atoms with van der Waals surface area (Å²) in [5, 5.41) is 13.9. The van der Waals surface area contributed by atoms with E-state index in [4.69, 9.17) is 51.3 Å². The van der Waals surface area contributed by atoms with Gasteiger partial charge in [0.1, 0.15) is 24.3 Å². The van der Waals surface area contributed by atoms with Crippen LogP contribution in [0.5, 0.6) is 0 Å². The Morgan fingerprint density at radius 1 is 0.512 bits per heavy atom. The van der Waals surface area contributed by atoms with Gasteiger partial charge in [-0.15, -0.1) is 0 Å². The van der Waals surface area contributed by atoms with E-state index in [1.165, 1.54) is 13.8 Å². The summed E-state index contributed by atoms with van der Waals surface area (Å²) in [7, 11) is -0.695. The Labute approximate surface area is 501 Å². The molecule has 0 bridgehead atoms. The molecule has 4 N–H and O–H groups in total. The topological polar surface area (TPSA) is 189 Å². The summed E-state index contributed by atoms with van der Waals surface area (Å²) < 4.78 is 36.7. The molecule has 2 aliphatic carbocycles. The summed E-state index contributed by atoms with van der Waals surface area (Å²) in [4.78, 5) is 68.7. The monoisotopic (exact) mass is 1180 g/mol. The lowest BCUT2D eigenvalue weighted by atomic mass is 9.67. The maximum Gasteiger partial charge on any atom is 0.508 e. The standard InChI is InChI=1S/C63H98B2Cl2N4O11/c1-41(72)68-62(53(74)70-56(3,4)5,33-17-19-35-64-79-58(9,10)59(11,12)80-64)47-27-21-43(22-28-47)51-37-49(66)31-25-45(51)39-77-55(76)78-40-46-26-32-50(67)38-52(46)44-23-29-48(30-24-44)63(69-42(2)73,54(75)71-57(6,7)8)34-18-20-36-65-81-60(13,14)61(15,16)82-65/h25-26,31-32,37-38,43-44,47-48H,17-24,27-30,33-36,39-40H2,1-16H3,(H,68,72)(H,69,73)(H,70,74)(H,71,75)/t43?,44?,47?,48?,62-,63-/m0/s1. The zero-order valence-corrected chi connectivity index (χ0v) is 53.9. The third-order valence-electron chi connectivity index (χ3n) is 18.3. The lowest BCUT2D eigenvalue weighted by Gasteiger charge is -2.45. The molecule has 2 aliphatic heterocycles. The Bertz CT molecular complexity index is 2370. The number of nitrogens with one attached hydrogen (secondary N) is 4. The molecule has 0 spiro atoms. The zero-order valence-electron chi connectivity index (χ0n) is 52.4. The fourth-order valence-electron chi connectivity index (χ4n) is 12.8. The Morgan fingerprint density at radius 2 is 0.829 bits per heavy atom. The second kappa shape index (κ2) is 26.8. The molecule has 2 saturated heterocycles. The first-order valence-corrected chi connectivity index (χ1v) is 31.0. The Kier molecular flexibility index (Phi) is 22.0. The highest BCUT2D eigenvalue weighted by molar-refractivity contribution is 6.45. The van der Waals surface area contributed by atoms with E-state index in [-0.39, 0.29) is 74.8 Å². The Balaban J connectivity index is 1.09. The maximum atomic E-state index is 14.5. The van der Waals surface area contributed by atoms with E-state index in [9.17, 15) is 24.0 Å². The van der Waals surface area contributed by atoms with Crippen molar-refractivity contribution in [1.29, 1.82) is 0 Å². The molecule has 456 valence electrons. The van der Waals surface area contributed by atoms with Crippen molar-refractivity contribution in [1.82, 2.24) is 21.3 Å². The molecule has 2 saturated carbocycles. The van der Waals surface area contributed by atoms with Crippen LogP contribution in [0.25, 0.3) is 0 Å². The summed E-state index contributed by atoms with van der Waals surface area (Å²) in [5.41, 5.74) is -1.48. The van der Waals surface area contributed by atoms with Gasteiger partial charge in [-0.2, -0.15) is 0 Å². The van der Waals surface area contributed by atoms with E-state index in [0.29, 0.717) is 74.1 Å². The predicted molar refractivity (Wildman–Crippen MR) is 326 cm³/mol. The molecule has 6 rings (SSSR count). The van der Waals surface area contributed by atoms with Gasteiger partial charge in [-0.05, 0) is 244 Å². The molecular weight excluding hydrogens is 1080 g/mol. The largest absolute Gasteiger partial charge is 0.508 e. The summed E-state index contributed by atoms with van der Waals surface area (Å²) in [5.74, 6) is -1.02. The van der Waals surface area contributed by atoms with Crippen molar-refractivity contribution in [3.63, 3.8) is 0 Å². The van der Waals surface area contributed by atoms with Gasteiger partial charge in [0.2, 0.25) is 23.6 Å². The van der Waals surface area contributed by atoms with Crippen molar-refractivity contribution < 1.29 is 52.1 Å². The highest BCUT2D eigenvalue weighted by Gasteiger charge is 2.54. The number of carbonyl (C=O) groups excluding carboxylic acids is 5. The fraction of sp³-hybridized carbons (Fsp3) is 0.730. The highest BCUT2D eigenvalue weighted by atomic mass is 35.5. The number of rotatable bonds is 22. The normalized spacial score (nSPS) is 23.7. The average Bonchev–Trinajstić information content (AvgIpc) is 3.88. The summed E-state index contributed by atoms with van der Waals surface area (Å²) in [6.45, 7) is 30.9. The van der Waals surface area contributed by atoms with Crippen molar-refractivity contribution >= 4 is 67.2 Å². The number of carbonyl (C=O) groups is 5. The fourth-order valence-corrected chi connectivity index (χ4v) is 13.2. The Hall–Kier alpha value is -3.86. The van der Waals surface area contributed by atoms with Crippen LogP contribution in [0.15, 0.2) is 36.4 Å². The number of ether oxygens (including phenoxy) is 2. The molecule has 4 amide bonds. The smallest absolute Gasteiger partial charge is 0.429 e. The maximum absolute atomic E-state index is 14.5. The molecule has 2 aromatic carbocycles. The van der Waals surface area contributed by atoms with Crippen LogP contribution in [0.4, 0.5) is 4.79 Å². The van der Waals surface area contributed by atoms with Gasteiger partial charge in [0.25, 0.3) is 0 Å². The van der Waals surface area contributed by atoms with Crippen LogP contribution >= 0.6 is 23.2 Å². The van der Waals surface area contributed by atoms with Crippen LogP contribution < -0.4 is 21.3 Å². The summed E-state index contributed by atoms with van der Waals surface area (Å²) >= 11 is 13.3. The molecule has 2 heterocycles. The van der Waals surface area contributed by atoms with Crippen LogP contribution in [-0.2, 0) is 60.5 Å². The first kappa shape index (κ1) is 67.3. The minimum absolute atomic E-state index is 0.0350. The molecule has 4 fully saturated rings. The molecule has 0 aromatic heterocycles. The second-order valence-electron chi connectivity index (χ2n) is 28.2. The van der Waals surface area contributed by atoms with Gasteiger partial charge in [0.15, 0.2) is 0 Å². The van der Waals surface area contributed by atoms with Crippen molar-refractivity contribution in [2.75, 3.05) is 0 Å². The number of hydrogen-bond donors (Lipinski definition) is 4. The van der Waals surface area contributed by atoms with Crippen LogP contribution in [0.3, 0.4) is 0 Å². The quantitative estimate of drug-likeness (QED) is 0.0499. The predicted octanol–water partition coefficient (Wildman–Crippen LogP) is 13.5. The van der Waals surface area contributed by atoms with E-state index in [1.807, 2.05) is 121 Å². The second-order valence-corrected chi connectivity index (χ2v) is 29.1. The molecule has 0 radical (unpaired) electrons. The first-order chi connectivity index (χ1) is 38.0. The van der Waals surface area contributed by atoms with Crippen molar-refractivity contribution in [2.24, 2.45) is 11.8 Å². The molecular formula is C63H98B2Cl2N4O11. The van der Waals surface area contributed by atoms with Crippen molar-refractivity contribution in [3.8, 4) is 0 Å². The first-order valence-electron chi connectivity index (χ1n) is 30.3. The molecule has 2 atom stereocenters. The average molecular weight is 1180 g/mol. The minimum Gasteiger partial charge on any atom is -0.429 e. The van der Waals surface area contributed by atoms with Crippen LogP contribution in [0.2, 0.25) is 22.7 Å². The van der Waals surface area contributed by atoms with Gasteiger partial charge in [0.05, 0.1) is 22.4 Å². The zero-order chi connectivity index (χ0) is 60.9. The summed E-state index contributed by atoms with van der Waals surface area (Å²) in [6.07, 6.45) is 9.92. The molecule has 82 heavy (non-hydrogen) atoms. The van der Waals surface area contributed by atoms with E-state index >= 15 is 0 Å². The minimum atomic E-state index is -1.13. The number of benzene rings is 2. The summed E-state index contributed by atoms with van der Waals surface area (Å²) in [6, 6.07) is 11.2. The van der Waals surface area contributed by atoms with Gasteiger partial charge in [-0.1, -0.05) is 61.0 Å². The van der Waals surface area contributed by atoms with E-state index < -0.39 is 50.7 Å². The number of halogens is 2. The van der Waals surface area contributed by atoms with Gasteiger partial charge in [-0.25, -0.2) is 4.79 Å².